The summed E-state index contributed by atoms with van der Waals surface area (Å²) >= 11 is 4.39. The molecule has 0 saturated carbocycles. The van der Waals surface area contributed by atoms with Crippen LogP contribution >= 0.6 is 27.7 Å². The molecule has 7 nitrogen and oxygen atoms in total. The van der Waals surface area contributed by atoms with Crippen LogP contribution in [0, 0.1) is 12.7 Å². The number of carbonyl (C=O) groups excluding carboxylic acids is 1. The molecular weight excluding hydrogens is 511 g/mol. The summed E-state index contributed by atoms with van der Waals surface area (Å²) in [5.74, 6) is 1.03. The first kappa shape index (κ1) is 24.8. The number of ether oxygens (including phenoxy) is 2. The van der Waals surface area contributed by atoms with Crippen molar-refractivity contribution in [2.75, 3.05) is 17.7 Å². The molecule has 1 N–H and O–H groups in total. The van der Waals surface area contributed by atoms with E-state index in [0.29, 0.717) is 40.1 Å². The van der Waals surface area contributed by atoms with Gasteiger partial charge >= 0.3 is 0 Å². The van der Waals surface area contributed by atoms with Gasteiger partial charge in [0.1, 0.15) is 12.4 Å². The molecule has 1 heterocycles. The summed E-state index contributed by atoms with van der Waals surface area (Å²) in [6.45, 7) is 8.82. The Bertz CT molecular complexity index is 1140. The number of aryl methyl sites for hydroxylation is 1. The molecule has 33 heavy (non-hydrogen) atoms. The zero-order chi connectivity index (χ0) is 23.8. The number of hydrogen-bond donors (Lipinski definition) is 1. The van der Waals surface area contributed by atoms with Gasteiger partial charge in [-0.2, -0.15) is 0 Å². The summed E-state index contributed by atoms with van der Waals surface area (Å²) in [6, 6.07) is 10.2. The van der Waals surface area contributed by atoms with Crippen LogP contribution in [0.2, 0.25) is 0 Å². The zero-order valence-electron chi connectivity index (χ0n) is 18.3. The molecule has 0 aliphatic heterocycles. The SMILES string of the molecule is C=CCn1c(COc2ccc(C)cc2OCC)nnc1SCC(=O)Nc1ccc(Br)cc1F. The molecule has 1 aromatic heterocycles. The number of thioether (sulfide) groups is 1. The number of allylic oxidation sites excluding steroid dienone is 1. The van der Waals surface area contributed by atoms with Crippen molar-refractivity contribution in [3.8, 4) is 11.5 Å². The van der Waals surface area contributed by atoms with Crippen LogP contribution in [-0.4, -0.2) is 33.0 Å². The van der Waals surface area contributed by atoms with Crippen molar-refractivity contribution in [1.82, 2.24) is 14.8 Å². The van der Waals surface area contributed by atoms with Gasteiger partial charge in [-0.1, -0.05) is 39.8 Å². The largest absolute Gasteiger partial charge is 0.490 e. The maximum absolute atomic E-state index is 14.0. The van der Waals surface area contributed by atoms with Crippen LogP contribution in [0.3, 0.4) is 0 Å². The van der Waals surface area contributed by atoms with Crippen LogP contribution in [0.4, 0.5) is 10.1 Å². The second kappa shape index (κ2) is 11.9. The summed E-state index contributed by atoms with van der Waals surface area (Å²) in [5.41, 5.74) is 1.19. The summed E-state index contributed by atoms with van der Waals surface area (Å²) in [6.07, 6.45) is 1.71. The molecule has 0 atom stereocenters. The minimum Gasteiger partial charge on any atom is -0.490 e. The molecule has 0 aliphatic rings. The summed E-state index contributed by atoms with van der Waals surface area (Å²) < 4.78 is 28.0. The van der Waals surface area contributed by atoms with Gasteiger partial charge in [0.05, 0.1) is 18.0 Å². The molecule has 174 valence electrons. The van der Waals surface area contributed by atoms with Gasteiger partial charge in [0.25, 0.3) is 0 Å². The average molecular weight is 535 g/mol. The van der Waals surface area contributed by atoms with Gasteiger partial charge in [0, 0.05) is 11.0 Å². The van der Waals surface area contributed by atoms with Crippen LogP contribution in [-0.2, 0) is 17.9 Å². The Labute approximate surface area is 204 Å². The van der Waals surface area contributed by atoms with Crippen molar-refractivity contribution in [2.45, 2.75) is 32.2 Å². The molecule has 0 radical (unpaired) electrons. The number of hydrogen-bond acceptors (Lipinski definition) is 6. The Morgan fingerprint density at radius 3 is 2.79 bits per heavy atom. The lowest BCUT2D eigenvalue weighted by Crippen LogP contribution is -2.16. The number of halogens is 2. The van der Waals surface area contributed by atoms with E-state index in [4.69, 9.17) is 9.47 Å². The molecule has 3 rings (SSSR count). The van der Waals surface area contributed by atoms with E-state index in [1.54, 1.807) is 12.1 Å². The fraction of sp³-hybridized carbons (Fsp3) is 0.261. The zero-order valence-corrected chi connectivity index (χ0v) is 20.7. The Balaban J connectivity index is 1.65. The van der Waals surface area contributed by atoms with Gasteiger partial charge in [-0.3, -0.25) is 9.36 Å². The highest BCUT2D eigenvalue weighted by Gasteiger charge is 2.16. The quantitative estimate of drug-likeness (QED) is 0.262. The highest BCUT2D eigenvalue weighted by Crippen LogP contribution is 2.29. The van der Waals surface area contributed by atoms with E-state index >= 15 is 0 Å². The number of aromatic nitrogens is 3. The molecule has 3 aromatic rings. The van der Waals surface area contributed by atoms with E-state index in [9.17, 15) is 9.18 Å². The van der Waals surface area contributed by atoms with Crippen LogP contribution in [0.5, 0.6) is 11.5 Å². The van der Waals surface area contributed by atoms with Crippen molar-refractivity contribution < 1.29 is 18.7 Å². The lowest BCUT2D eigenvalue weighted by Gasteiger charge is -2.13. The van der Waals surface area contributed by atoms with Gasteiger partial charge in [-0.25, -0.2) is 4.39 Å². The maximum atomic E-state index is 14.0. The van der Waals surface area contributed by atoms with Crippen molar-refractivity contribution in [3.63, 3.8) is 0 Å². The lowest BCUT2D eigenvalue weighted by molar-refractivity contribution is -0.113. The molecule has 0 unspecified atom stereocenters. The van der Waals surface area contributed by atoms with Crippen LogP contribution in [0.25, 0.3) is 0 Å². The highest BCUT2D eigenvalue weighted by molar-refractivity contribution is 9.10. The third-order valence-corrected chi connectivity index (χ3v) is 5.86. The topological polar surface area (TPSA) is 78.3 Å². The molecule has 0 saturated heterocycles. The van der Waals surface area contributed by atoms with Crippen molar-refractivity contribution in [1.29, 1.82) is 0 Å². The van der Waals surface area contributed by atoms with Crippen LogP contribution in [0.1, 0.15) is 18.3 Å². The number of rotatable bonds is 11. The molecule has 1 amide bonds. The predicted molar refractivity (Wildman–Crippen MR) is 130 cm³/mol. The number of amides is 1. The summed E-state index contributed by atoms with van der Waals surface area (Å²) in [7, 11) is 0. The number of carbonyl (C=O) groups is 1. The predicted octanol–water partition coefficient (Wildman–Crippen LogP) is 5.38. The van der Waals surface area contributed by atoms with Gasteiger partial charge in [-0.15, -0.1) is 16.8 Å². The van der Waals surface area contributed by atoms with E-state index in [-0.39, 0.29) is 24.0 Å². The maximum Gasteiger partial charge on any atom is 0.234 e. The second-order valence-corrected chi connectivity index (χ2v) is 8.79. The smallest absolute Gasteiger partial charge is 0.234 e. The third kappa shape index (κ3) is 6.82. The van der Waals surface area contributed by atoms with E-state index in [2.05, 4.69) is 38.0 Å². The molecular formula is C23H24BrFN4O3S. The summed E-state index contributed by atoms with van der Waals surface area (Å²) in [5, 5.41) is 11.5. The normalized spacial score (nSPS) is 10.7. The van der Waals surface area contributed by atoms with Crippen molar-refractivity contribution in [2.24, 2.45) is 0 Å². The van der Waals surface area contributed by atoms with Crippen molar-refractivity contribution >= 4 is 39.3 Å². The standard InChI is InChI=1S/C23H24BrFN4O3S/c1-4-10-29-21(13-32-19-9-6-15(3)11-20(19)31-5-2)27-28-23(29)33-14-22(30)26-18-8-7-16(24)12-17(18)25/h4,6-9,11-12H,1,5,10,13-14H2,2-3H3,(H,26,30). The molecule has 2 aromatic carbocycles. The third-order valence-electron chi connectivity index (χ3n) is 4.40. The van der Waals surface area contributed by atoms with Crippen LogP contribution < -0.4 is 14.8 Å². The Hall–Kier alpha value is -2.85. The van der Waals surface area contributed by atoms with E-state index in [1.807, 2.05) is 36.6 Å². The Morgan fingerprint density at radius 1 is 1.24 bits per heavy atom. The van der Waals surface area contributed by atoms with Crippen LogP contribution in [0.15, 0.2) is 58.7 Å². The number of nitrogens with one attached hydrogen (secondary N) is 1. The summed E-state index contributed by atoms with van der Waals surface area (Å²) in [4.78, 5) is 12.3. The minimum absolute atomic E-state index is 0.0398. The van der Waals surface area contributed by atoms with Gasteiger partial charge in [-0.05, 0) is 49.7 Å². The minimum atomic E-state index is -0.514. The Kier molecular flexibility index (Phi) is 8.90. The van der Waals surface area contributed by atoms with E-state index in [1.165, 1.54) is 23.9 Å². The van der Waals surface area contributed by atoms with Gasteiger partial charge in [0.2, 0.25) is 5.91 Å². The Morgan fingerprint density at radius 2 is 2.06 bits per heavy atom. The average Bonchev–Trinajstić information content (AvgIpc) is 3.16. The monoisotopic (exact) mass is 534 g/mol. The molecule has 10 heteroatoms. The molecule has 0 bridgehead atoms. The molecule has 0 spiro atoms. The first-order chi connectivity index (χ1) is 15.9. The number of anilines is 1. The van der Waals surface area contributed by atoms with Crippen molar-refractivity contribution in [3.05, 3.63) is 70.7 Å². The fourth-order valence-electron chi connectivity index (χ4n) is 2.90. The second-order valence-electron chi connectivity index (χ2n) is 6.93. The molecule has 0 fully saturated rings. The van der Waals surface area contributed by atoms with E-state index < -0.39 is 5.82 Å². The van der Waals surface area contributed by atoms with E-state index in [0.717, 1.165) is 5.56 Å². The van der Waals surface area contributed by atoms with Gasteiger partial charge in [0.15, 0.2) is 22.5 Å². The number of nitrogens with zero attached hydrogens (tertiary/aromatic N) is 3. The number of benzene rings is 2. The highest BCUT2D eigenvalue weighted by atomic mass is 79.9. The lowest BCUT2D eigenvalue weighted by atomic mass is 10.2. The molecule has 0 aliphatic carbocycles. The first-order valence-corrected chi connectivity index (χ1v) is 12.0. The fourth-order valence-corrected chi connectivity index (χ4v) is 4.00. The van der Waals surface area contributed by atoms with Gasteiger partial charge < -0.3 is 14.8 Å². The first-order valence-electron chi connectivity index (χ1n) is 10.2.